The van der Waals surface area contributed by atoms with Crippen LogP contribution in [0, 0.1) is 0 Å². The number of aromatic nitrogens is 1. The third-order valence-corrected chi connectivity index (χ3v) is 2.21. The van der Waals surface area contributed by atoms with E-state index in [1.165, 1.54) is 19.1 Å². The highest BCUT2D eigenvalue weighted by Crippen LogP contribution is 2.08. The molecule has 0 saturated carbocycles. The lowest BCUT2D eigenvalue weighted by Crippen LogP contribution is -2.32. The molecule has 108 valence electrons. The molecular formula is C14H18N2O4. The number of nitrogens with one attached hydrogen (secondary N) is 1. The molecule has 0 radical (unpaired) electrons. The van der Waals surface area contributed by atoms with Crippen molar-refractivity contribution in [1.29, 1.82) is 0 Å². The minimum Gasteiger partial charge on any atom is -0.444 e. The van der Waals surface area contributed by atoms with Crippen molar-refractivity contribution in [3.05, 3.63) is 29.1 Å². The molecule has 0 atom stereocenters. The summed E-state index contributed by atoms with van der Waals surface area (Å²) in [6.45, 7) is 6.71. The monoisotopic (exact) mass is 278 g/mol. The summed E-state index contributed by atoms with van der Waals surface area (Å²) < 4.78 is 5.08. The molecule has 20 heavy (non-hydrogen) atoms. The number of ketones is 1. The second kappa shape index (κ2) is 6.27. The molecule has 0 aromatic carbocycles. The zero-order valence-corrected chi connectivity index (χ0v) is 12.0. The first-order chi connectivity index (χ1) is 9.21. The summed E-state index contributed by atoms with van der Waals surface area (Å²) >= 11 is 0. The van der Waals surface area contributed by atoms with Gasteiger partial charge in [0.2, 0.25) is 0 Å². The van der Waals surface area contributed by atoms with E-state index in [2.05, 4.69) is 10.3 Å². The van der Waals surface area contributed by atoms with Crippen LogP contribution in [-0.2, 0) is 11.3 Å². The van der Waals surface area contributed by atoms with Gasteiger partial charge in [-0.15, -0.1) is 0 Å². The number of aldehydes is 1. The maximum absolute atomic E-state index is 11.5. The van der Waals surface area contributed by atoms with E-state index in [1.54, 1.807) is 20.8 Å². The van der Waals surface area contributed by atoms with Gasteiger partial charge in [-0.3, -0.25) is 9.59 Å². The van der Waals surface area contributed by atoms with E-state index in [4.69, 9.17) is 4.74 Å². The Bertz CT molecular complexity index is 532. The predicted octanol–water partition coefficient (Wildman–Crippen LogP) is 2.12. The first-order valence-electron chi connectivity index (χ1n) is 6.15. The summed E-state index contributed by atoms with van der Waals surface area (Å²) in [5.74, 6) is -0.243. The smallest absolute Gasteiger partial charge is 0.407 e. The van der Waals surface area contributed by atoms with Crippen LogP contribution in [0.15, 0.2) is 12.1 Å². The van der Waals surface area contributed by atoms with Crippen molar-refractivity contribution >= 4 is 18.2 Å². The number of alkyl carbamates (subject to hydrolysis) is 1. The second-order valence-electron chi connectivity index (χ2n) is 5.31. The molecule has 1 aromatic rings. The van der Waals surface area contributed by atoms with Crippen molar-refractivity contribution in [2.45, 2.75) is 39.8 Å². The largest absolute Gasteiger partial charge is 0.444 e. The SMILES string of the molecule is CC(=O)c1cc(C=O)cc(CNC(=O)OC(C)(C)C)n1. The topological polar surface area (TPSA) is 85.4 Å². The fraction of sp³-hybridized carbons (Fsp3) is 0.429. The summed E-state index contributed by atoms with van der Waals surface area (Å²) in [4.78, 5) is 37.7. The second-order valence-corrected chi connectivity index (χ2v) is 5.31. The van der Waals surface area contributed by atoms with Crippen LogP contribution in [0.5, 0.6) is 0 Å². The van der Waals surface area contributed by atoms with Crippen LogP contribution in [0.25, 0.3) is 0 Å². The molecule has 0 unspecified atom stereocenters. The third kappa shape index (κ3) is 5.17. The first kappa shape index (κ1) is 15.8. The number of hydrogen-bond donors (Lipinski definition) is 1. The first-order valence-corrected chi connectivity index (χ1v) is 6.15. The van der Waals surface area contributed by atoms with E-state index in [9.17, 15) is 14.4 Å². The fourth-order valence-electron chi connectivity index (χ4n) is 1.43. The van der Waals surface area contributed by atoms with Crippen LogP contribution >= 0.6 is 0 Å². The van der Waals surface area contributed by atoms with Crippen LogP contribution in [0.1, 0.15) is 54.2 Å². The zero-order valence-electron chi connectivity index (χ0n) is 12.0. The number of Topliss-reactive ketones (excluding diaryl/α,β-unsaturated/α-hetero) is 1. The van der Waals surface area contributed by atoms with E-state index >= 15 is 0 Å². The van der Waals surface area contributed by atoms with E-state index in [1.807, 2.05) is 0 Å². The van der Waals surface area contributed by atoms with Crippen LogP contribution in [0.2, 0.25) is 0 Å². The lowest BCUT2D eigenvalue weighted by atomic mass is 10.1. The maximum atomic E-state index is 11.5. The van der Waals surface area contributed by atoms with Crippen molar-refractivity contribution in [2.24, 2.45) is 0 Å². The maximum Gasteiger partial charge on any atom is 0.407 e. The van der Waals surface area contributed by atoms with Crippen LogP contribution in [-0.4, -0.2) is 28.7 Å². The van der Waals surface area contributed by atoms with Gasteiger partial charge < -0.3 is 10.1 Å². The normalized spacial score (nSPS) is 10.8. The molecule has 1 amide bonds. The average Bonchev–Trinajstić information content (AvgIpc) is 2.33. The summed E-state index contributed by atoms with van der Waals surface area (Å²) in [7, 11) is 0. The number of nitrogens with zero attached hydrogens (tertiary/aromatic N) is 1. The van der Waals surface area contributed by atoms with Crippen molar-refractivity contribution in [3.63, 3.8) is 0 Å². The number of hydrogen-bond acceptors (Lipinski definition) is 5. The standard InChI is InChI=1S/C14H18N2O4/c1-9(18)12-6-10(8-17)5-11(16-12)7-15-13(19)20-14(2,3)4/h5-6,8H,7H2,1-4H3,(H,15,19). The number of ether oxygens (including phenoxy) is 1. The number of carbonyl (C=O) groups is 3. The van der Waals surface area contributed by atoms with Crippen molar-refractivity contribution < 1.29 is 19.1 Å². The predicted molar refractivity (Wildman–Crippen MR) is 72.7 cm³/mol. The minimum absolute atomic E-state index is 0.0802. The molecule has 0 fully saturated rings. The van der Waals surface area contributed by atoms with Gasteiger partial charge in [0.05, 0.1) is 12.2 Å². The van der Waals surface area contributed by atoms with Gasteiger partial charge in [-0.2, -0.15) is 0 Å². The van der Waals surface area contributed by atoms with Gasteiger partial charge >= 0.3 is 6.09 Å². The van der Waals surface area contributed by atoms with Crippen molar-refractivity contribution in [1.82, 2.24) is 10.3 Å². The Morgan fingerprint density at radius 1 is 1.35 bits per heavy atom. The Hall–Kier alpha value is -2.24. The summed E-state index contributed by atoms with van der Waals surface area (Å²) in [6.07, 6.45) is 0.0469. The van der Waals surface area contributed by atoms with Crippen LogP contribution in [0.3, 0.4) is 0 Å². The molecule has 0 aliphatic rings. The quantitative estimate of drug-likeness (QED) is 0.673. The minimum atomic E-state index is -0.591. The van der Waals surface area contributed by atoms with Crippen LogP contribution < -0.4 is 5.32 Å². The average molecular weight is 278 g/mol. The van der Waals surface area contributed by atoms with E-state index in [-0.39, 0.29) is 18.0 Å². The number of amides is 1. The highest BCUT2D eigenvalue weighted by Gasteiger charge is 2.16. The summed E-state index contributed by atoms with van der Waals surface area (Å²) in [5, 5.41) is 2.52. The molecule has 0 saturated heterocycles. The summed E-state index contributed by atoms with van der Waals surface area (Å²) in [6, 6.07) is 2.92. The molecule has 0 spiro atoms. The Kier molecular flexibility index (Phi) is 4.96. The lowest BCUT2D eigenvalue weighted by molar-refractivity contribution is 0.0523. The molecule has 1 heterocycles. The zero-order chi connectivity index (χ0) is 15.3. The van der Waals surface area contributed by atoms with Crippen LogP contribution in [0.4, 0.5) is 4.79 Å². The van der Waals surface area contributed by atoms with Gasteiger partial charge in [-0.05, 0) is 32.9 Å². The molecule has 0 bridgehead atoms. The van der Waals surface area contributed by atoms with Gasteiger partial charge in [0, 0.05) is 12.5 Å². The Morgan fingerprint density at radius 3 is 2.50 bits per heavy atom. The third-order valence-electron chi connectivity index (χ3n) is 2.21. The number of carbonyl (C=O) groups excluding carboxylic acids is 3. The molecule has 0 aliphatic carbocycles. The van der Waals surface area contributed by atoms with Gasteiger partial charge in [0.15, 0.2) is 5.78 Å². The van der Waals surface area contributed by atoms with Crippen molar-refractivity contribution in [3.8, 4) is 0 Å². The van der Waals surface area contributed by atoms with Gasteiger partial charge in [-0.1, -0.05) is 0 Å². The Labute approximate surface area is 117 Å². The van der Waals surface area contributed by atoms with E-state index in [0.717, 1.165) is 0 Å². The molecule has 6 heteroatoms. The van der Waals surface area contributed by atoms with Gasteiger partial charge in [0.25, 0.3) is 0 Å². The van der Waals surface area contributed by atoms with Gasteiger partial charge in [-0.25, -0.2) is 9.78 Å². The van der Waals surface area contributed by atoms with E-state index in [0.29, 0.717) is 17.5 Å². The fourth-order valence-corrected chi connectivity index (χ4v) is 1.43. The lowest BCUT2D eigenvalue weighted by Gasteiger charge is -2.19. The molecular weight excluding hydrogens is 260 g/mol. The summed E-state index contributed by atoms with van der Waals surface area (Å²) in [5.41, 5.74) is 0.361. The highest BCUT2D eigenvalue weighted by atomic mass is 16.6. The molecule has 1 rings (SSSR count). The molecule has 1 aromatic heterocycles. The van der Waals surface area contributed by atoms with Crippen molar-refractivity contribution in [2.75, 3.05) is 0 Å². The molecule has 0 aliphatic heterocycles. The highest BCUT2D eigenvalue weighted by molar-refractivity contribution is 5.93. The molecule has 6 nitrogen and oxygen atoms in total. The number of rotatable bonds is 4. The van der Waals surface area contributed by atoms with E-state index < -0.39 is 11.7 Å². The number of pyridine rings is 1. The van der Waals surface area contributed by atoms with Gasteiger partial charge in [0.1, 0.15) is 17.6 Å². The Morgan fingerprint density at radius 2 is 2.00 bits per heavy atom. The Balaban J connectivity index is 2.77. The molecule has 1 N–H and O–H groups in total.